The summed E-state index contributed by atoms with van der Waals surface area (Å²) >= 11 is 3.74. The molecule has 0 amide bonds. The zero-order valence-corrected chi connectivity index (χ0v) is 13.6. The zero-order chi connectivity index (χ0) is 13.6. The van der Waals surface area contributed by atoms with Gasteiger partial charge in [-0.1, -0.05) is 6.07 Å². The topological polar surface area (TPSA) is 15.3 Å². The zero-order valence-electron chi connectivity index (χ0n) is 12.0. The Morgan fingerprint density at radius 2 is 2.11 bits per heavy atom. The molecule has 1 aromatic rings. The molecule has 3 heteroatoms. The molecule has 1 aromatic carbocycles. The molecule has 0 radical (unpaired) electrons. The Balaban J connectivity index is 1.88. The van der Waals surface area contributed by atoms with Crippen LogP contribution >= 0.6 is 15.9 Å². The monoisotopic (exact) mass is 322 g/mol. The number of halogens is 1. The van der Waals surface area contributed by atoms with E-state index in [9.17, 15) is 0 Å². The van der Waals surface area contributed by atoms with Gasteiger partial charge in [0.25, 0.3) is 0 Å². The summed E-state index contributed by atoms with van der Waals surface area (Å²) in [5, 5.41) is 3.78. The largest absolute Gasteiger partial charge is 0.365 e. The summed E-state index contributed by atoms with van der Waals surface area (Å²) in [6, 6.07) is 7.24. The van der Waals surface area contributed by atoms with Crippen LogP contribution in [0.2, 0.25) is 0 Å². The van der Waals surface area contributed by atoms with Gasteiger partial charge in [-0.2, -0.15) is 0 Å². The Bertz CT molecular complexity index is 484. The number of hydrogen-bond donors (Lipinski definition) is 1. The lowest BCUT2D eigenvalue weighted by atomic mass is 9.91. The van der Waals surface area contributed by atoms with Crippen molar-refractivity contribution < 1.29 is 0 Å². The minimum atomic E-state index is 0.289. The van der Waals surface area contributed by atoms with Crippen LogP contribution in [-0.2, 0) is 0 Å². The lowest BCUT2D eigenvalue weighted by Crippen LogP contribution is -2.63. The first-order chi connectivity index (χ1) is 8.99. The van der Waals surface area contributed by atoms with Gasteiger partial charge in [-0.15, -0.1) is 0 Å². The van der Waals surface area contributed by atoms with Crippen molar-refractivity contribution in [3.8, 4) is 0 Å². The Morgan fingerprint density at radius 3 is 2.74 bits per heavy atom. The van der Waals surface area contributed by atoms with Gasteiger partial charge in [-0.05, 0) is 73.2 Å². The van der Waals surface area contributed by atoms with Crippen molar-refractivity contribution >= 4 is 21.6 Å². The molecule has 2 atom stereocenters. The molecule has 3 rings (SSSR count). The Kier molecular flexibility index (Phi) is 3.38. The predicted octanol–water partition coefficient (Wildman–Crippen LogP) is 3.72. The first-order valence-corrected chi connectivity index (χ1v) is 8.07. The third kappa shape index (κ3) is 2.55. The summed E-state index contributed by atoms with van der Waals surface area (Å²) < 4.78 is 1.22. The molecular formula is C16H23BrN2. The first kappa shape index (κ1) is 13.4. The highest BCUT2D eigenvalue weighted by molar-refractivity contribution is 9.10. The molecular weight excluding hydrogens is 300 g/mol. The maximum Gasteiger partial charge on any atom is 0.0514 e. The lowest BCUT2D eigenvalue weighted by Gasteiger charge is -2.47. The summed E-state index contributed by atoms with van der Waals surface area (Å²) in [5.41, 5.74) is 2.94. The number of nitrogens with zero attached hydrogens (tertiary/aromatic N) is 1. The summed E-state index contributed by atoms with van der Waals surface area (Å²) in [6.07, 6.45) is 2.78. The quantitative estimate of drug-likeness (QED) is 0.892. The fourth-order valence-corrected chi connectivity index (χ4v) is 3.94. The van der Waals surface area contributed by atoms with E-state index in [4.69, 9.17) is 0 Å². The standard InChI is InChI=1S/C16H23BrN2/c1-11-4-7-15(14(17)8-11)19-10-16(3,13-5-6-13)18-9-12(19)2/h4,7-8,12-13,18H,5-6,9-10H2,1-3H3. The van der Waals surface area contributed by atoms with Crippen molar-refractivity contribution in [3.63, 3.8) is 0 Å². The van der Waals surface area contributed by atoms with E-state index in [0.717, 1.165) is 19.0 Å². The molecule has 2 unspecified atom stereocenters. The second-order valence-corrected chi connectivity index (χ2v) is 7.36. The number of aryl methyl sites for hydroxylation is 1. The molecule has 1 N–H and O–H groups in total. The number of piperazine rings is 1. The van der Waals surface area contributed by atoms with Crippen LogP contribution in [0.1, 0.15) is 32.3 Å². The van der Waals surface area contributed by atoms with E-state index in [0.29, 0.717) is 6.04 Å². The van der Waals surface area contributed by atoms with E-state index in [2.05, 4.69) is 65.1 Å². The molecule has 1 aliphatic heterocycles. The fraction of sp³-hybridized carbons (Fsp3) is 0.625. The molecule has 2 nitrogen and oxygen atoms in total. The van der Waals surface area contributed by atoms with E-state index in [1.54, 1.807) is 0 Å². The van der Waals surface area contributed by atoms with E-state index in [1.165, 1.54) is 28.6 Å². The van der Waals surface area contributed by atoms with Crippen molar-refractivity contribution in [1.29, 1.82) is 0 Å². The van der Waals surface area contributed by atoms with E-state index >= 15 is 0 Å². The molecule has 0 spiro atoms. The Labute approximate surface area is 124 Å². The summed E-state index contributed by atoms with van der Waals surface area (Å²) in [4.78, 5) is 2.57. The highest BCUT2D eigenvalue weighted by atomic mass is 79.9. The van der Waals surface area contributed by atoms with Gasteiger partial charge >= 0.3 is 0 Å². The number of nitrogens with one attached hydrogen (secondary N) is 1. The molecule has 0 aromatic heterocycles. The highest BCUT2D eigenvalue weighted by Crippen LogP contribution is 2.42. The van der Waals surface area contributed by atoms with Crippen molar-refractivity contribution in [2.75, 3.05) is 18.0 Å². The molecule has 19 heavy (non-hydrogen) atoms. The van der Waals surface area contributed by atoms with Crippen LogP contribution in [0.3, 0.4) is 0 Å². The van der Waals surface area contributed by atoms with Gasteiger partial charge in [0.1, 0.15) is 0 Å². The Morgan fingerprint density at radius 1 is 1.37 bits per heavy atom. The van der Waals surface area contributed by atoms with E-state index in [-0.39, 0.29) is 5.54 Å². The summed E-state index contributed by atoms with van der Waals surface area (Å²) in [5.74, 6) is 0.867. The van der Waals surface area contributed by atoms with Crippen molar-refractivity contribution in [2.45, 2.75) is 45.2 Å². The van der Waals surface area contributed by atoms with Gasteiger partial charge in [0.15, 0.2) is 0 Å². The van der Waals surface area contributed by atoms with Gasteiger partial charge in [-0.25, -0.2) is 0 Å². The third-order valence-corrected chi connectivity index (χ3v) is 5.36. The number of rotatable bonds is 2. The fourth-order valence-electron chi connectivity index (χ4n) is 3.22. The molecule has 1 aliphatic carbocycles. The maximum atomic E-state index is 3.78. The van der Waals surface area contributed by atoms with Gasteiger partial charge in [0.2, 0.25) is 0 Å². The summed E-state index contributed by atoms with van der Waals surface area (Å²) in [6.45, 7) is 9.04. The molecule has 104 valence electrons. The van der Waals surface area contributed by atoms with E-state index in [1.807, 2.05) is 0 Å². The number of hydrogen-bond acceptors (Lipinski definition) is 2. The van der Waals surface area contributed by atoms with Crippen LogP contribution in [0.4, 0.5) is 5.69 Å². The second-order valence-electron chi connectivity index (χ2n) is 6.50. The average Bonchev–Trinajstić information content (AvgIpc) is 3.17. The molecule has 2 fully saturated rings. The van der Waals surface area contributed by atoms with Crippen molar-refractivity contribution in [1.82, 2.24) is 5.32 Å². The summed E-state index contributed by atoms with van der Waals surface area (Å²) in [7, 11) is 0. The minimum absolute atomic E-state index is 0.289. The van der Waals surface area contributed by atoms with Crippen LogP contribution in [0, 0.1) is 12.8 Å². The van der Waals surface area contributed by atoms with Gasteiger partial charge in [0.05, 0.1) is 5.69 Å². The number of benzene rings is 1. The van der Waals surface area contributed by atoms with Gasteiger partial charge < -0.3 is 10.2 Å². The minimum Gasteiger partial charge on any atom is -0.365 e. The number of anilines is 1. The Hall–Kier alpha value is -0.540. The maximum absolute atomic E-state index is 3.78. The van der Waals surface area contributed by atoms with Crippen LogP contribution < -0.4 is 10.2 Å². The molecule has 1 saturated heterocycles. The van der Waals surface area contributed by atoms with Crippen LogP contribution in [0.15, 0.2) is 22.7 Å². The smallest absolute Gasteiger partial charge is 0.0514 e. The van der Waals surface area contributed by atoms with Gasteiger partial charge in [-0.3, -0.25) is 0 Å². The lowest BCUT2D eigenvalue weighted by molar-refractivity contribution is 0.260. The van der Waals surface area contributed by atoms with E-state index < -0.39 is 0 Å². The van der Waals surface area contributed by atoms with Crippen LogP contribution in [-0.4, -0.2) is 24.7 Å². The normalized spacial score (nSPS) is 31.6. The van der Waals surface area contributed by atoms with Crippen molar-refractivity contribution in [3.05, 3.63) is 28.2 Å². The van der Waals surface area contributed by atoms with Crippen LogP contribution in [0.25, 0.3) is 0 Å². The first-order valence-electron chi connectivity index (χ1n) is 7.27. The highest BCUT2D eigenvalue weighted by Gasteiger charge is 2.45. The SMILES string of the molecule is Cc1ccc(N2CC(C)(C3CC3)NCC2C)c(Br)c1. The van der Waals surface area contributed by atoms with Gasteiger partial charge in [0, 0.05) is 29.1 Å². The molecule has 2 aliphatic rings. The second kappa shape index (κ2) is 4.78. The average molecular weight is 323 g/mol. The molecule has 1 saturated carbocycles. The third-order valence-electron chi connectivity index (χ3n) is 4.72. The molecule has 1 heterocycles. The predicted molar refractivity (Wildman–Crippen MR) is 84.8 cm³/mol. The van der Waals surface area contributed by atoms with Crippen molar-refractivity contribution in [2.24, 2.45) is 5.92 Å². The molecule has 0 bridgehead atoms. The van der Waals surface area contributed by atoms with Crippen LogP contribution in [0.5, 0.6) is 0 Å².